The third kappa shape index (κ3) is 2.18. The predicted octanol–water partition coefficient (Wildman–Crippen LogP) is 1.25. The van der Waals surface area contributed by atoms with E-state index in [-0.39, 0.29) is 0 Å². The lowest BCUT2D eigenvalue weighted by atomic mass is 11.3. The molecular formula is C3H7O2P. The molecule has 0 heterocycles. The van der Waals surface area contributed by atoms with Crippen LogP contribution in [0.3, 0.4) is 0 Å². The Morgan fingerprint density at radius 1 is 2.00 bits per heavy atom. The van der Waals surface area contributed by atoms with Crippen molar-refractivity contribution >= 4 is 8.03 Å². The molecule has 0 saturated carbocycles. The molecular weight excluding hydrogens is 99.0 g/mol. The van der Waals surface area contributed by atoms with E-state index in [4.69, 9.17) is 0 Å². The first-order valence-electron chi connectivity index (χ1n) is 1.51. The van der Waals surface area contributed by atoms with Gasteiger partial charge in [-0.2, -0.15) is 0 Å². The van der Waals surface area contributed by atoms with Gasteiger partial charge in [0.2, 0.25) is 8.03 Å². The van der Waals surface area contributed by atoms with E-state index in [0.29, 0.717) is 0 Å². The monoisotopic (exact) mass is 106 g/mol. The standard InChI is InChI=1S/C3H7O2P/c1-3-6(4)5-2/h3,6H,1H2,2H3. The molecule has 0 aliphatic carbocycles. The zero-order valence-electron chi connectivity index (χ0n) is 3.60. The van der Waals surface area contributed by atoms with Gasteiger partial charge >= 0.3 is 0 Å². The lowest BCUT2D eigenvalue weighted by molar-refractivity contribution is 0.422. The van der Waals surface area contributed by atoms with Gasteiger partial charge in [-0.05, 0) is 5.82 Å². The molecule has 2 nitrogen and oxygen atoms in total. The van der Waals surface area contributed by atoms with Gasteiger partial charge < -0.3 is 4.52 Å². The van der Waals surface area contributed by atoms with E-state index in [0.717, 1.165) is 0 Å². The molecule has 0 N–H and O–H groups in total. The van der Waals surface area contributed by atoms with Crippen molar-refractivity contribution in [3.63, 3.8) is 0 Å². The SMILES string of the molecule is C=C[PH](=O)OC. The molecule has 0 aromatic heterocycles. The first-order chi connectivity index (χ1) is 2.81. The second kappa shape index (κ2) is 3.13. The Bertz CT molecular complexity index is 69.2. The van der Waals surface area contributed by atoms with Crippen LogP contribution in [0.15, 0.2) is 12.4 Å². The maximum Gasteiger partial charge on any atom is 0.212 e. The molecule has 1 unspecified atom stereocenters. The molecule has 0 aliphatic rings. The van der Waals surface area contributed by atoms with Crippen LogP contribution in [-0.4, -0.2) is 7.11 Å². The van der Waals surface area contributed by atoms with Gasteiger partial charge in [0.1, 0.15) is 0 Å². The van der Waals surface area contributed by atoms with E-state index in [1.54, 1.807) is 0 Å². The highest BCUT2D eigenvalue weighted by Gasteiger charge is 1.77. The van der Waals surface area contributed by atoms with E-state index in [9.17, 15) is 4.57 Å². The van der Waals surface area contributed by atoms with Crippen molar-refractivity contribution in [1.82, 2.24) is 0 Å². The fraction of sp³-hybridized carbons (Fsp3) is 0.333. The van der Waals surface area contributed by atoms with Gasteiger partial charge in [-0.1, -0.05) is 6.58 Å². The van der Waals surface area contributed by atoms with Crippen molar-refractivity contribution in [2.45, 2.75) is 0 Å². The summed E-state index contributed by atoms with van der Waals surface area (Å²) in [6, 6.07) is 0. The molecule has 0 bridgehead atoms. The second-order valence-corrected chi connectivity index (χ2v) is 2.18. The molecule has 0 amide bonds. The average molecular weight is 106 g/mol. The average Bonchev–Trinajstić information content (AvgIpc) is 1.65. The summed E-state index contributed by atoms with van der Waals surface area (Å²) < 4.78 is 14.4. The smallest absolute Gasteiger partial charge is 0.212 e. The Balaban J connectivity index is 3.23. The van der Waals surface area contributed by atoms with E-state index < -0.39 is 8.03 Å². The fourth-order valence-corrected chi connectivity index (χ4v) is 0.250. The summed E-state index contributed by atoms with van der Waals surface area (Å²) in [6.07, 6.45) is 0. The van der Waals surface area contributed by atoms with Gasteiger partial charge in [0.15, 0.2) is 0 Å². The summed E-state index contributed by atoms with van der Waals surface area (Å²) in [7, 11) is -0.463. The fourth-order valence-electron chi connectivity index (χ4n) is 0.0833. The Labute approximate surface area is 37.7 Å². The largest absolute Gasteiger partial charge is 0.331 e. The second-order valence-electron chi connectivity index (χ2n) is 0.727. The summed E-state index contributed by atoms with van der Waals surface area (Å²) in [4.78, 5) is 0. The Kier molecular flexibility index (Phi) is 3.10. The Morgan fingerprint density at radius 2 is 2.50 bits per heavy atom. The highest BCUT2D eigenvalue weighted by atomic mass is 31.1. The third-order valence-corrected chi connectivity index (χ3v) is 1.10. The van der Waals surface area contributed by atoms with Gasteiger partial charge in [0.05, 0.1) is 0 Å². The molecule has 0 rings (SSSR count). The van der Waals surface area contributed by atoms with Crippen LogP contribution in [-0.2, 0) is 9.09 Å². The molecule has 0 aliphatic heterocycles. The maximum absolute atomic E-state index is 10.0. The minimum absolute atomic E-state index is 1.30. The minimum atomic E-state index is -1.85. The summed E-state index contributed by atoms with van der Waals surface area (Å²) in [6.45, 7) is 3.24. The molecule has 0 radical (unpaired) electrons. The van der Waals surface area contributed by atoms with E-state index >= 15 is 0 Å². The van der Waals surface area contributed by atoms with Gasteiger partial charge in [0.25, 0.3) is 0 Å². The molecule has 0 fully saturated rings. The summed E-state index contributed by atoms with van der Waals surface area (Å²) in [5.41, 5.74) is 0. The summed E-state index contributed by atoms with van der Waals surface area (Å²) in [5.74, 6) is 1.30. The zero-order chi connectivity index (χ0) is 4.99. The zero-order valence-corrected chi connectivity index (χ0v) is 4.60. The van der Waals surface area contributed by atoms with Gasteiger partial charge in [-0.15, -0.1) is 0 Å². The number of hydrogen-bond donors (Lipinski definition) is 0. The Morgan fingerprint density at radius 3 is 2.50 bits per heavy atom. The minimum Gasteiger partial charge on any atom is -0.331 e. The van der Waals surface area contributed by atoms with Crippen molar-refractivity contribution in [3.05, 3.63) is 12.4 Å². The van der Waals surface area contributed by atoms with Crippen molar-refractivity contribution in [1.29, 1.82) is 0 Å². The molecule has 6 heavy (non-hydrogen) atoms. The van der Waals surface area contributed by atoms with Crippen LogP contribution < -0.4 is 0 Å². The van der Waals surface area contributed by atoms with Crippen LogP contribution in [0.4, 0.5) is 0 Å². The van der Waals surface area contributed by atoms with Crippen molar-refractivity contribution in [3.8, 4) is 0 Å². The Hall–Kier alpha value is -0.0700. The van der Waals surface area contributed by atoms with Crippen LogP contribution in [0.25, 0.3) is 0 Å². The maximum atomic E-state index is 10.0. The summed E-state index contributed by atoms with van der Waals surface area (Å²) in [5, 5.41) is 0. The molecule has 0 saturated heterocycles. The van der Waals surface area contributed by atoms with Crippen LogP contribution >= 0.6 is 8.03 Å². The molecule has 3 heteroatoms. The highest BCUT2D eigenvalue weighted by molar-refractivity contribution is 7.42. The quantitative estimate of drug-likeness (QED) is 0.495. The third-order valence-electron chi connectivity index (χ3n) is 0.368. The van der Waals surface area contributed by atoms with Crippen LogP contribution in [0, 0.1) is 0 Å². The lowest BCUT2D eigenvalue weighted by Crippen LogP contribution is -1.55. The van der Waals surface area contributed by atoms with E-state index in [2.05, 4.69) is 11.1 Å². The number of rotatable bonds is 2. The first-order valence-corrected chi connectivity index (χ1v) is 2.91. The van der Waals surface area contributed by atoms with Crippen molar-refractivity contribution in [2.75, 3.05) is 7.11 Å². The molecule has 0 spiro atoms. The van der Waals surface area contributed by atoms with Crippen LogP contribution in [0.2, 0.25) is 0 Å². The van der Waals surface area contributed by atoms with Gasteiger partial charge in [-0.3, -0.25) is 4.57 Å². The summed E-state index contributed by atoms with van der Waals surface area (Å²) >= 11 is 0. The van der Waals surface area contributed by atoms with Gasteiger partial charge in [0, 0.05) is 7.11 Å². The predicted molar refractivity (Wildman–Crippen MR) is 26.2 cm³/mol. The molecule has 36 valence electrons. The lowest BCUT2D eigenvalue weighted by Gasteiger charge is -1.82. The van der Waals surface area contributed by atoms with Crippen LogP contribution in [0.1, 0.15) is 0 Å². The van der Waals surface area contributed by atoms with Crippen molar-refractivity contribution < 1.29 is 9.09 Å². The molecule has 1 atom stereocenters. The highest BCUT2D eigenvalue weighted by Crippen LogP contribution is 2.19. The number of hydrogen-bond acceptors (Lipinski definition) is 2. The van der Waals surface area contributed by atoms with Crippen LogP contribution in [0.5, 0.6) is 0 Å². The van der Waals surface area contributed by atoms with Gasteiger partial charge in [-0.25, -0.2) is 0 Å². The van der Waals surface area contributed by atoms with Crippen molar-refractivity contribution in [2.24, 2.45) is 0 Å². The van der Waals surface area contributed by atoms with E-state index in [1.165, 1.54) is 12.9 Å². The normalized spacial score (nSPS) is 13.5. The topological polar surface area (TPSA) is 26.3 Å². The van der Waals surface area contributed by atoms with E-state index in [1.807, 2.05) is 0 Å². The molecule has 0 aromatic rings. The molecule has 0 aromatic carbocycles. The first kappa shape index (κ1) is 5.93.